The highest BCUT2D eigenvalue weighted by Crippen LogP contribution is 2.27. The zero-order chi connectivity index (χ0) is 31.9. The van der Waals surface area contributed by atoms with E-state index in [1.165, 1.54) is 197 Å². The van der Waals surface area contributed by atoms with Crippen LogP contribution >= 0.6 is 0 Å². The zero-order valence-corrected chi connectivity index (χ0v) is 30.2. The minimum Gasteiger partial charge on any atom is -0.457 e. The molecule has 0 aliphatic carbocycles. The molecule has 1 nitrogen and oxygen atoms in total. The van der Waals surface area contributed by atoms with Crippen LogP contribution in [0.3, 0.4) is 0 Å². The molecule has 0 spiro atoms. The molecule has 2 rings (SSSR count). The first-order chi connectivity index (χ1) is 22.3. The third kappa shape index (κ3) is 22.4. The number of rotatable bonds is 32. The van der Waals surface area contributed by atoms with E-state index in [2.05, 4.69) is 62.4 Å². The molecule has 0 aliphatic heterocycles. The van der Waals surface area contributed by atoms with Crippen molar-refractivity contribution < 1.29 is 4.74 Å². The highest BCUT2D eigenvalue weighted by Gasteiger charge is 2.05. The van der Waals surface area contributed by atoms with Crippen molar-refractivity contribution in [3.63, 3.8) is 0 Å². The maximum atomic E-state index is 6.36. The Kier molecular flexibility index (Phi) is 26.0. The summed E-state index contributed by atoms with van der Waals surface area (Å²) in [7, 11) is 0. The van der Waals surface area contributed by atoms with Gasteiger partial charge in [-0.1, -0.05) is 211 Å². The fraction of sp³-hybridized carbons (Fsp3) is 0.727. The average molecular weight is 619 g/mol. The second-order valence-corrected chi connectivity index (χ2v) is 14.0. The van der Waals surface area contributed by atoms with E-state index >= 15 is 0 Å². The van der Waals surface area contributed by atoms with Crippen molar-refractivity contribution in [3.8, 4) is 11.5 Å². The van der Waals surface area contributed by atoms with Crippen molar-refractivity contribution in [1.82, 2.24) is 0 Å². The summed E-state index contributed by atoms with van der Waals surface area (Å²) in [6.07, 6.45) is 41.9. The Morgan fingerprint density at radius 2 is 0.711 bits per heavy atom. The summed E-state index contributed by atoms with van der Waals surface area (Å²) in [4.78, 5) is 0. The van der Waals surface area contributed by atoms with Gasteiger partial charge >= 0.3 is 0 Å². The predicted octanol–water partition coefficient (Wildman–Crippen LogP) is 15.5. The van der Waals surface area contributed by atoms with E-state index < -0.39 is 0 Å². The summed E-state index contributed by atoms with van der Waals surface area (Å²) in [6.45, 7) is 4.60. The number of hydrogen-bond acceptors (Lipinski definition) is 1. The molecule has 2 aromatic rings. The fourth-order valence-electron chi connectivity index (χ4n) is 6.69. The summed E-state index contributed by atoms with van der Waals surface area (Å²) < 4.78 is 6.36. The molecule has 0 aliphatic rings. The largest absolute Gasteiger partial charge is 0.457 e. The van der Waals surface area contributed by atoms with Crippen LogP contribution in [0.25, 0.3) is 0 Å². The summed E-state index contributed by atoms with van der Waals surface area (Å²) in [5.74, 6) is 2.00. The summed E-state index contributed by atoms with van der Waals surface area (Å²) in [5, 5.41) is 0. The van der Waals surface area contributed by atoms with E-state index in [9.17, 15) is 0 Å². The van der Waals surface area contributed by atoms with Crippen LogP contribution in [-0.4, -0.2) is 0 Å². The molecular weight excluding hydrogens is 544 g/mol. The summed E-state index contributed by atoms with van der Waals surface area (Å²) in [5.41, 5.74) is 2.79. The minimum atomic E-state index is 0.966. The summed E-state index contributed by atoms with van der Waals surface area (Å²) in [6, 6.07) is 17.5. The Morgan fingerprint density at radius 3 is 1.13 bits per heavy atom. The van der Waals surface area contributed by atoms with Crippen LogP contribution in [0.4, 0.5) is 0 Å². The van der Waals surface area contributed by atoms with Crippen LogP contribution in [0.15, 0.2) is 48.5 Å². The van der Waals surface area contributed by atoms with Crippen LogP contribution in [0.5, 0.6) is 11.5 Å². The monoisotopic (exact) mass is 619 g/mol. The standard InChI is InChI=1S/C44H74O/c1-3-5-7-9-11-13-15-17-19-21-23-25-27-29-33-41-37-39-43(40-38-41)45-44-36-32-31-35-42(44)34-30-28-26-24-22-20-18-16-14-12-10-8-6-4-2/h31-32,35-40H,3-30,33-34H2,1-2H3. The van der Waals surface area contributed by atoms with E-state index in [4.69, 9.17) is 4.74 Å². The van der Waals surface area contributed by atoms with Crippen LogP contribution in [-0.2, 0) is 12.8 Å². The van der Waals surface area contributed by atoms with Gasteiger partial charge in [0.2, 0.25) is 0 Å². The molecule has 0 radical (unpaired) electrons. The lowest BCUT2D eigenvalue weighted by Crippen LogP contribution is -1.93. The Labute approximate surface area is 281 Å². The molecule has 45 heavy (non-hydrogen) atoms. The minimum absolute atomic E-state index is 0.966. The van der Waals surface area contributed by atoms with Crippen molar-refractivity contribution in [1.29, 1.82) is 0 Å². The number of unbranched alkanes of at least 4 members (excludes halogenated alkanes) is 26. The Morgan fingerprint density at radius 1 is 0.356 bits per heavy atom. The molecule has 0 atom stereocenters. The highest BCUT2D eigenvalue weighted by atomic mass is 16.5. The van der Waals surface area contributed by atoms with Crippen molar-refractivity contribution in [3.05, 3.63) is 59.7 Å². The van der Waals surface area contributed by atoms with Crippen molar-refractivity contribution in [2.45, 2.75) is 206 Å². The lowest BCUT2D eigenvalue weighted by Gasteiger charge is -2.12. The first kappa shape index (κ1) is 39.4. The van der Waals surface area contributed by atoms with E-state index in [0.717, 1.165) is 17.9 Å². The molecule has 0 fully saturated rings. The van der Waals surface area contributed by atoms with Gasteiger partial charge in [-0.2, -0.15) is 0 Å². The smallest absolute Gasteiger partial charge is 0.130 e. The first-order valence-electron chi connectivity index (χ1n) is 20.2. The lowest BCUT2D eigenvalue weighted by molar-refractivity contribution is 0.473. The number of benzene rings is 2. The second-order valence-electron chi connectivity index (χ2n) is 14.0. The summed E-state index contributed by atoms with van der Waals surface area (Å²) >= 11 is 0. The van der Waals surface area contributed by atoms with Gasteiger partial charge in [0.1, 0.15) is 11.5 Å². The van der Waals surface area contributed by atoms with Crippen molar-refractivity contribution in [2.24, 2.45) is 0 Å². The second kappa shape index (κ2) is 29.6. The van der Waals surface area contributed by atoms with Gasteiger partial charge in [-0.15, -0.1) is 0 Å². The molecule has 2 aromatic carbocycles. The molecule has 0 aromatic heterocycles. The van der Waals surface area contributed by atoms with E-state index in [0.29, 0.717) is 0 Å². The third-order valence-electron chi connectivity index (χ3n) is 9.74. The Balaban J connectivity index is 1.48. The number of aryl methyl sites for hydroxylation is 2. The molecule has 0 saturated heterocycles. The van der Waals surface area contributed by atoms with Gasteiger partial charge < -0.3 is 4.74 Å². The van der Waals surface area contributed by atoms with Crippen LogP contribution in [0.2, 0.25) is 0 Å². The SMILES string of the molecule is CCCCCCCCCCCCCCCCc1ccc(Oc2ccccc2CCCCCCCCCCCCCCCC)cc1. The van der Waals surface area contributed by atoms with Crippen molar-refractivity contribution >= 4 is 0 Å². The maximum absolute atomic E-state index is 6.36. The highest BCUT2D eigenvalue weighted by molar-refractivity contribution is 5.38. The molecule has 0 N–H and O–H groups in total. The van der Waals surface area contributed by atoms with Gasteiger partial charge in [0.15, 0.2) is 0 Å². The van der Waals surface area contributed by atoms with Crippen LogP contribution < -0.4 is 4.74 Å². The zero-order valence-electron chi connectivity index (χ0n) is 30.2. The van der Waals surface area contributed by atoms with Gasteiger partial charge in [0, 0.05) is 0 Å². The first-order valence-corrected chi connectivity index (χ1v) is 20.2. The third-order valence-corrected chi connectivity index (χ3v) is 9.74. The van der Waals surface area contributed by atoms with Gasteiger partial charge in [-0.05, 0) is 55.0 Å². The van der Waals surface area contributed by atoms with Gasteiger partial charge in [-0.3, -0.25) is 0 Å². The molecule has 0 bridgehead atoms. The van der Waals surface area contributed by atoms with E-state index in [1.54, 1.807) is 0 Å². The molecule has 0 heterocycles. The quantitative estimate of drug-likeness (QED) is 0.0741. The normalized spacial score (nSPS) is 11.3. The van der Waals surface area contributed by atoms with Gasteiger partial charge in [-0.25, -0.2) is 0 Å². The Bertz CT molecular complexity index is 884. The molecule has 1 heteroatoms. The topological polar surface area (TPSA) is 9.23 Å². The molecule has 256 valence electrons. The maximum Gasteiger partial charge on any atom is 0.130 e. The molecular formula is C44H74O. The number of ether oxygens (including phenoxy) is 1. The average Bonchev–Trinajstić information content (AvgIpc) is 3.06. The molecule has 0 amide bonds. The lowest BCUT2D eigenvalue weighted by atomic mass is 10.0. The molecule has 0 unspecified atom stereocenters. The number of hydrogen-bond donors (Lipinski definition) is 0. The molecule has 0 saturated carbocycles. The fourth-order valence-corrected chi connectivity index (χ4v) is 6.69. The Hall–Kier alpha value is -1.76. The van der Waals surface area contributed by atoms with Crippen LogP contribution in [0.1, 0.15) is 205 Å². The van der Waals surface area contributed by atoms with Crippen molar-refractivity contribution in [2.75, 3.05) is 0 Å². The van der Waals surface area contributed by atoms with Gasteiger partial charge in [0.25, 0.3) is 0 Å². The van der Waals surface area contributed by atoms with Crippen LogP contribution in [0, 0.1) is 0 Å². The van der Waals surface area contributed by atoms with E-state index in [-0.39, 0.29) is 0 Å². The van der Waals surface area contributed by atoms with Gasteiger partial charge in [0.05, 0.1) is 0 Å². The van der Waals surface area contributed by atoms with E-state index in [1.807, 2.05) is 0 Å². The number of para-hydroxylation sites is 1. The predicted molar refractivity (Wildman–Crippen MR) is 201 cm³/mol.